The van der Waals surface area contributed by atoms with Gasteiger partial charge in [0.2, 0.25) is 11.8 Å². The van der Waals surface area contributed by atoms with Crippen molar-refractivity contribution in [2.45, 2.75) is 6.92 Å². The molecule has 0 aliphatic heterocycles. The Hall–Kier alpha value is -2.77. The first-order valence-corrected chi connectivity index (χ1v) is 6.10. The highest BCUT2D eigenvalue weighted by Gasteiger charge is 2.12. The van der Waals surface area contributed by atoms with Gasteiger partial charge in [-0.1, -0.05) is 0 Å². The highest BCUT2D eigenvalue weighted by molar-refractivity contribution is 5.94. The van der Waals surface area contributed by atoms with Gasteiger partial charge in [0.25, 0.3) is 5.69 Å². The number of amides is 2. The van der Waals surface area contributed by atoms with Crippen LogP contribution in [0, 0.1) is 15.9 Å². The third kappa shape index (κ3) is 5.39. The average Bonchev–Trinajstić information content (AvgIpc) is 2.44. The van der Waals surface area contributed by atoms with Crippen molar-refractivity contribution in [3.05, 3.63) is 45.8 Å². The fraction of sp³-hybridized carbons (Fsp3) is 0.231. The second-order valence-electron chi connectivity index (χ2n) is 3.96. The standard InChI is InChI=1S/C13H14FN3O4/c1-2-15-13(19)8-16-12(18)6-4-9-3-5-10(14)7-11(9)17(20)21/h3-7H,2,8H2,1H3,(H,15,19)(H,16,18). The molecule has 2 amide bonds. The van der Waals surface area contributed by atoms with Crippen molar-refractivity contribution in [3.8, 4) is 0 Å². The molecule has 0 fully saturated rings. The van der Waals surface area contributed by atoms with Crippen molar-refractivity contribution in [2.24, 2.45) is 0 Å². The van der Waals surface area contributed by atoms with E-state index in [0.717, 1.165) is 18.2 Å². The number of hydrogen-bond donors (Lipinski definition) is 2. The summed E-state index contributed by atoms with van der Waals surface area (Å²) in [6, 6.07) is 3.02. The minimum atomic E-state index is -0.741. The Morgan fingerprint density at radius 2 is 2.10 bits per heavy atom. The first kappa shape index (κ1) is 16.3. The van der Waals surface area contributed by atoms with Gasteiger partial charge in [-0.2, -0.15) is 0 Å². The third-order valence-electron chi connectivity index (χ3n) is 2.40. The quantitative estimate of drug-likeness (QED) is 0.464. The van der Waals surface area contributed by atoms with Crippen LogP contribution in [0.2, 0.25) is 0 Å². The van der Waals surface area contributed by atoms with Crippen LogP contribution < -0.4 is 10.6 Å². The molecule has 1 aromatic carbocycles. The molecule has 0 heterocycles. The first-order chi connectivity index (χ1) is 9.93. The molecule has 0 aromatic heterocycles. The van der Waals surface area contributed by atoms with E-state index in [-0.39, 0.29) is 18.0 Å². The van der Waals surface area contributed by atoms with E-state index in [2.05, 4.69) is 10.6 Å². The Morgan fingerprint density at radius 3 is 2.71 bits per heavy atom. The van der Waals surface area contributed by atoms with Gasteiger partial charge in [0.1, 0.15) is 5.82 Å². The van der Waals surface area contributed by atoms with Crippen molar-refractivity contribution >= 4 is 23.6 Å². The van der Waals surface area contributed by atoms with Crippen molar-refractivity contribution in [1.29, 1.82) is 0 Å². The van der Waals surface area contributed by atoms with Gasteiger partial charge in [0.05, 0.1) is 23.1 Å². The summed E-state index contributed by atoms with van der Waals surface area (Å²) < 4.78 is 12.9. The largest absolute Gasteiger partial charge is 0.355 e. The minimum Gasteiger partial charge on any atom is -0.355 e. The van der Waals surface area contributed by atoms with E-state index >= 15 is 0 Å². The highest BCUT2D eigenvalue weighted by Crippen LogP contribution is 2.20. The number of benzene rings is 1. The fourth-order valence-electron chi connectivity index (χ4n) is 1.47. The lowest BCUT2D eigenvalue weighted by atomic mass is 10.1. The van der Waals surface area contributed by atoms with Gasteiger partial charge in [-0.05, 0) is 25.1 Å². The smallest absolute Gasteiger partial charge is 0.279 e. The summed E-state index contributed by atoms with van der Waals surface area (Å²) in [7, 11) is 0. The van der Waals surface area contributed by atoms with Gasteiger partial charge in [-0.3, -0.25) is 19.7 Å². The lowest BCUT2D eigenvalue weighted by Gasteiger charge is -2.02. The Balaban J connectivity index is 2.70. The normalized spacial score (nSPS) is 10.4. The lowest BCUT2D eigenvalue weighted by Crippen LogP contribution is -2.35. The molecule has 0 saturated heterocycles. The van der Waals surface area contributed by atoms with E-state index in [1.165, 1.54) is 12.1 Å². The van der Waals surface area contributed by atoms with Crippen LogP contribution >= 0.6 is 0 Å². The van der Waals surface area contributed by atoms with Crippen LogP contribution in [-0.2, 0) is 9.59 Å². The number of carbonyl (C=O) groups excluding carboxylic acids is 2. The monoisotopic (exact) mass is 295 g/mol. The van der Waals surface area contributed by atoms with Gasteiger partial charge in [0.15, 0.2) is 0 Å². The van der Waals surface area contributed by atoms with Crippen molar-refractivity contribution in [2.75, 3.05) is 13.1 Å². The van der Waals surface area contributed by atoms with Crippen LogP contribution in [0.25, 0.3) is 6.08 Å². The topological polar surface area (TPSA) is 101 Å². The number of halogens is 1. The number of likely N-dealkylation sites (N-methyl/N-ethyl adjacent to an activating group) is 1. The van der Waals surface area contributed by atoms with Crippen LogP contribution in [0.1, 0.15) is 12.5 Å². The number of nitrogens with one attached hydrogen (secondary N) is 2. The molecule has 1 rings (SSSR count). The molecule has 0 unspecified atom stereocenters. The SMILES string of the molecule is CCNC(=O)CNC(=O)C=Cc1ccc(F)cc1[N+](=O)[O-]. The Labute approximate surface area is 120 Å². The van der Waals surface area contributed by atoms with Gasteiger partial charge in [0, 0.05) is 12.6 Å². The second kappa shape index (κ2) is 7.73. The molecule has 0 aliphatic rings. The zero-order valence-corrected chi connectivity index (χ0v) is 11.3. The first-order valence-electron chi connectivity index (χ1n) is 6.10. The van der Waals surface area contributed by atoms with Gasteiger partial charge in [-0.15, -0.1) is 0 Å². The van der Waals surface area contributed by atoms with Crippen molar-refractivity contribution in [1.82, 2.24) is 10.6 Å². The van der Waals surface area contributed by atoms with E-state index in [1.54, 1.807) is 6.92 Å². The fourth-order valence-corrected chi connectivity index (χ4v) is 1.47. The molecule has 0 saturated carbocycles. The Morgan fingerprint density at radius 1 is 1.38 bits per heavy atom. The van der Waals surface area contributed by atoms with E-state index in [0.29, 0.717) is 6.54 Å². The van der Waals surface area contributed by atoms with Crippen LogP contribution in [0.5, 0.6) is 0 Å². The molecule has 0 spiro atoms. The summed E-state index contributed by atoms with van der Waals surface area (Å²) in [6.07, 6.45) is 2.23. The summed E-state index contributed by atoms with van der Waals surface area (Å²) in [5, 5.41) is 15.6. The number of carbonyl (C=O) groups is 2. The molecule has 1 aromatic rings. The molecule has 21 heavy (non-hydrogen) atoms. The number of nitro groups is 1. The maximum Gasteiger partial charge on any atom is 0.279 e. The maximum absolute atomic E-state index is 12.9. The van der Waals surface area contributed by atoms with Gasteiger partial charge >= 0.3 is 0 Å². The molecule has 0 atom stereocenters. The number of rotatable bonds is 6. The molecular formula is C13H14FN3O4. The predicted octanol–water partition coefficient (Wildman–Crippen LogP) is 0.999. The summed E-state index contributed by atoms with van der Waals surface area (Å²) >= 11 is 0. The molecule has 2 N–H and O–H groups in total. The van der Waals surface area contributed by atoms with Crippen LogP contribution in [0.4, 0.5) is 10.1 Å². The molecule has 8 heteroatoms. The molecule has 7 nitrogen and oxygen atoms in total. The molecule has 0 bridgehead atoms. The average molecular weight is 295 g/mol. The summed E-state index contributed by atoms with van der Waals surface area (Å²) in [5.74, 6) is -1.66. The zero-order chi connectivity index (χ0) is 15.8. The molecular weight excluding hydrogens is 281 g/mol. The number of nitro benzene ring substituents is 1. The summed E-state index contributed by atoms with van der Waals surface area (Å²) in [6.45, 7) is 2.00. The maximum atomic E-state index is 12.9. The zero-order valence-electron chi connectivity index (χ0n) is 11.3. The predicted molar refractivity (Wildman–Crippen MR) is 73.8 cm³/mol. The summed E-state index contributed by atoms with van der Waals surface area (Å²) in [4.78, 5) is 32.6. The van der Waals surface area contributed by atoms with E-state index in [4.69, 9.17) is 0 Å². The van der Waals surface area contributed by atoms with Crippen LogP contribution in [-0.4, -0.2) is 29.8 Å². The molecule has 0 radical (unpaired) electrons. The summed E-state index contributed by atoms with van der Waals surface area (Å²) in [5.41, 5.74) is -0.350. The van der Waals surface area contributed by atoms with Gasteiger partial charge < -0.3 is 10.6 Å². The lowest BCUT2D eigenvalue weighted by molar-refractivity contribution is -0.385. The van der Waals surface area contributed by atoms with Crippen LogP contribution in [0.3, 0.4) is 0 Å². The molecule has 0 aliphatic carbocycles. The van der Waals surface area contributed by atoms with E-state index in [1.807, 2.05) is 0 Å². The Kier molecular flexibility index (Phi) is 5.99. The van der Waals surface area contributed by atoms with Crippen molar-refractivity contribution < 1.29 is 18.9 Å². The number of nitrogens with zero attached hydrogens (tertiary/aromatic N) is 1. The number of hydrogen-bond acceptors (Lipinski definition) is 4. The van der Waals surface area contributed by atoms with Crippen LogP contribution in [0.15, 0.2) is 24.3 Å². The van der Waals surface area contributed by atoms with Crippen molar-refractivity contribution in [3.63, 3.8) is 0 Å². The highest BCUT2D eigenvalue weighted by atomic mass is 19.1. The Bertz CT molecular complexity index is 587. The van der Waals surface area contributed by atoms with Gasteiger partial charge in [-0.25, -0.2) is 4.39 Å². The van der Waals surface area contributed by atoms with E-state index < -0.39 is 22.3 Å². The molecule has 112 valence electrons. The minimum absolute atomic E-state index is 0.0922. The van der Waals surface area contributed by atoms with E-state index in [9.17, 15) is 24.1 Å². The third-order valence-corrected chi connectivity index (χ3v) is 2.40. The second-order valence-corrected chi connectivity index (χ2v) is 3.96.